The second-order valence-electron chi connectivity index (χ2n) is 8.33. The summed E-state index contributed by atoms with van der Waals surface area (Å²) in [7, 11) is -0.825. The molecule has 1 aliphatic heterocycles. The molecule has 1 amide bonds. The van der Waals surface area contributed by atoms with Crippen LogP contribution in [0.25, 0.3) is 0 Å². The fraction of sp³-hybridized carbons (Fsp3) is 0.269. The van der Waals surface area contributed by atoms with E-state index in [0.717, 1.165) is 16.7 Å². The largest absolute Gasteiger partial charge is 0.493 e. The van der Waals surface area contributed by atoms with Crippen molar-refractivity contribution >= 4 is 21.6 Å². The number of rotatable bonds is 7. The molecule has 3 aromatic rings. The van der Waals surface area contributed by atoms with E-state index in [0.29, 0.717) is 22.9 Å². The molecule has 1 atom stereocenters. The van der Waals surface area contributed by atoms with Gasteiger partial charge in [0, 0.05) is 6.54 Å². The average molecular weight is 497 g/mol. The number of fused-ring (bicyclic) bond motifs is 1. The molecule has 9 heteroatoms. The van der Waals surface area contributed by atoms with Crippen LogP contribution >= 0.6 is 0 Å². The lowest BCUT2D eigenvalue weighted by Crippen LogP contribution is -2.50. The molecule has 0 aromatic heterocycles. The number of nitrogens with zero attached hydrogens (tertiary/aromatic N) is 1. The second-order valence-corrected chi connectivity index (χ2v) is 10.2. The van der Waals surface area contributed by atoms with E-state index in [2.05, 4.69) is 5.32 Å². The second kappa shape index (κ2) is 9.87. The maximum absolute atomic E-state index is 13.6. The van der Waals surface area contributed by atoms with Crippen LogP contribution in [0.2, 0.25) is 0 Å². The van der Waals surface area contributed by atoms with Crippen LogP contribution in [0.1, 0.15) is 16.7 Å². The summed E-state index contributed by atoms with van der Waals surface area (Å²) in [5, 5.41) is 2.84. The molecule has 35 heavy (non-hydrogen) atoms. The Morgan fingerprint density at radius 1 is 0.971 bits per heavy atom. The molecule has 0 fully saturated rings. The summed E-state index contributed by atoms with van der Waals surface area (Å²) in [4.78, 5) is 13.2. The van der Waals surface area contributed by atoms with Crippen molar-refractivity contribution in [3.63, 3.8) is 0 Å². The number of nitrogens with one attached hydrogen (secondary N) is 1. The minimum Gasteiger partial charge on any atom is -0.493 e. The Morgan fingerprint density at radius 3 is 2.34 bits per heavy atom. The van der Waals surface area contributed by atoms with Crippen LogP contribution in [0, 0.1) is 13.8 Å². The highest BCUT2D eigenvalue weighted by Crippen LogP contribution is 2.38. The van der Waals surface area contributed by atoms with Crippen LogP contribution in [0.15, 0.2) is 65.6 Å². The molecular formula is C26H28N2O6S. The van der Waals surface area contributed by atoms with E-state index in [9.17, 15) is 13.2 Å². The third kappa shape index (κ3) is 5.05. The molecule has 0 spiro atoms. The lowest BCUT2D eigenvalue weighted by molar-refractivity contribution is -0.127. The first-order chi connectivity index (χ1) is 16.7. The Balaban J connectivity index is 1.58. The fourth-order valence-electron chi connectivity index (χ4n) is 3.86. The predicted molar refractivity (Wildman–Crippen MR) is 133 cm³/mol. The zero-order valence-corrected chi connectivity index (χ0v) is 20.9. The van der Waals surface area contributed by atoms with Crippen molar-refractivity contribution in [2.45, 2.75) is 31.4 Å². The fourth-order valence-corrected chi connectivity index (χ4v) is 5.32. The van der Waals surface area contributed by atoms with Crippen molar-refractivity contribution in [3.05, 3.63) is 77.4 Å². The first-order valence-electron chi connectivity index (χ1n) is 11.1. The molecule has 0 bridgehead atoms. The van der Waals surface area contributed by atoms with Gasteiger partial charge in [0.25, 0.3) is 15.9 Å². The van der Waals surface area contributed by atoms with Gasteiger partial charge in [-0.25, -0.2) is 8.42 Å². The van der Waals surface area contributed by atoms with E-state index in [1.807, 2.05) is 26.0 Å². The Hall–Kier alpha value is -3.72. The van der Waals surface area contributed by atoms with Crippen molar-refractivity contribution in [1.82, 2.24) is 5.32 Å². The number of anilines is 1. The molecule has 0 saturated heterocycles. The Kier molecular flexibility index (Phi) is 6.88. The Morgan fingerprint density at radius 2 is 1.66 bits per heavy atom. The van der Waals surface area contributed by atoms with Crippen LogP contribution in [0.5, 0.6) is 17.2 Å². The molecule has 0 radical (unpaired) electrons. The number of amides is 1. The summed E-state index contributed by atoms with van der Waals surface area (Å²) >= 11 is 0. The van der Waals surface area contributed by atoms with Crippen molar-refractivity contribution in [2.24, 2.45) is 0 Å². The number of benzene rings is 3. The molecule has 1 heterocycles. The lowest BCUT2D eigenvalue weighted by atomic mass is 10.1. The number of ether oxygens (including phenoxy) is 3. The number of carbonyl (C=O) groups is 1. The molecule has 3 aromatic carbocycles. The van der Waals surface area contributed by atoms with E-state index in [-0.39, 0.29) is 18.0 Å². The van der Waals surface area contributed by atoms with Gasteiger partial charge in [-0.3, -0.25) is 9.10 Å². The first kappa shape index (κ1) is 24.4. The maximum atomic E-state index is 13.6. The third-order valence-corrected chi connectivity index (χ3v) is 7.59. The number of methoxy groups -OCH3 is 2. The number of sulfonamides is 1. The van der Waals surface area contributed by atoms with Crippen LogP contribution in [-0.2, 0) is 21.4 Å². The van der Waals surface area contributed by atoms with Crippen LogP contribution in [0.3, 0.4) is 0 Å². The van der Waals surface area contributed by atoms with E-state index in [4.69, 9.17) is 14.2 Å². The highest BCUT2D eigenvalue weighted by Gasteiger charge is 2.37. The normalized spacial score (nSPS) is 15.1. The lowest BCUT2D eigenvalue weighted by Gasteiger charge is -2.35. The van der Waals surface area contributed by atoms with Crippen molar-refractivity contribution in [1.29, 1.82) is 0 Å². The van der Waals surface area contributed by atoms with Gasteiger partial charge in [-0.15, -0.1) is 0 Å². The number of hydrogen-bond donors (Lipinski definition) is 1. The molecule has 4 rings (SSSR count). The van der Waals surface area contributed by atoms with Gasteiger partial charge in [-0.1, -0.05) is 29.8 Å². The summed E-state index contributed by atoms with van der Waals surface area (Å²) in [6.45, 7) is 3.83. The topological polar surface area (TPSA) is 94.2 Å². The molecular weight excluding hydrogens is 468 g/mol. The number of aryl methyl sites for hydroxylation is 2. The monoisotopic (exact) mass is 496 g/mol. The van der Waals surface area contributed by atoms with Crippen LogP contribution in [0.4, 0.5) is 5.69 Å². The average Bonchev–Trinajstić information content (AvgIpc) is 2.86. The van der Waals surface area contributed by atoms with E-state index in [1.54, 1.807) is 55.6 Å². The van der Waals surface area contributed by atoms with E-state index in [1.165, 1.54) is 11.4 Å². The predicted octanol–water partition coefficient (Wildman–Crippen LogP) is 3.59. The molecule has 1 N–H and O–H groups in total. The highest BCUT2D eigenvalue weighted by atomic mass is 32.2. The summed E-state index contributed by atoms with van der Waals surface area (Å²) in [6, 6.07) is 17.2. The minimum atomic E-state index is -3.92. The minimum absolute atomic E-state index is 0.148. The van der Waals surface area contributed by atoms with Gasteiger partial charge < -0.3 is 19.5 Å². The van der Waals surface area contributed by atoms with Gasteiger partial charge in [-0.05, 0) is 61.4 Å². The molecule has 8 nitrogen and oxygen atoms in total. The van der Waals surface area contributed by atoms with Crippen molar-refractivity contribution in [3.8, 4) is 17.2 Å². The van der Waals surface area contributed by atoms with Gasteiger partial charge >= 0.3 is 0 Å². The van der Waals surface area contributed by atoms with Gasteiger partial charge in [0.1, 0.15) is 5.75 Å². The Bertz CT molecular complexity index is 1340. The molecule has 184 valence electrons. The van der Waals surface area contributed by atoms with Gasteiger partial charge in [0.05, 0.1) is 31.3 Å². The maximum Gasteiger partial charge on any atom is 0.264 e. The van der Waals surface area contributed by atoms with Crippen LogP contribution < -0.4 is 23.8 Å². The van der Waals surface area contributed by atoms with Crippen LogP contribution in [-0.4, -0.2) is 41.2 Å². The quantitative estimate of drug-likeness (QED) is 0.537. The smallest absolute Gasteiger partial charge is 0.264 e. The number of hydrogen-bond acceptors (Lipinski definition) is 6. The zero-order valence-electron chi connectivity index (χ0n) is 20.1. The standard InChI is InChI=1S/C26H28N2O6S/c1-17-5-9-20(10-6-17)35(30,31)28-16-25(34-22-11-7-18(2)13-21(22)28)26(29)27-15-19-8-12-23(32-3)24(14-19)33-4/h5-14,25H,15-16H2,1-4H3,(H,27,29)/t25-/m1/s1. The van der Waals surface area contributed by atoms with Gasteiger partial charge in [0.15, 0.2) is 17.6 Å². The highest BCUT2D eigenvalue weighted by molar-refractivity contribution is 7.92. The molecule has 0 saturated carbocycles. The summed E-state index contributed by atoms with van der Waals surface area (Å²) < 4.78 is 44.9. The van der Waals surface area contributed by atoms with Gasteiger partial charge in [-0.2, -0.15) is 0 Å². The van der Waals surface area contributed by atoms with Crippen molar-refractivity contribution in [2.75, 3.05) is 25.1 Å². The third-order valence-electron chi connectivity index (χ3n) is 5.80. The molecule has 0 unspecified atom stereocenters. The SMILES string of the molecule is COc1ccc(CNC(=O)[C@H]2CN(S(=O)(=O)c3ccc(C)cc3)c3cc(C)ccc3O2)cc1OC. The summed E-state index contributed by atoms with van der Waals surface area (Å²) in [5.41, 5.74) is 3.05. The number of carbonyl (C=O) groups excluding carboxylic acids is 1. The summed E-state index contributed by atoms with van der Waals surface area (Å²) in [5.74, 6) is 1.05. The van der Waals surface area contributed by atoms with E-state index < -0.39 is 22.0 Å². The van der Waals surface area contributed by atoms with E-state index >= 15 is 0 Å². The summed E-state index contributed by atoms with van der Waals surface area (Å²) in [6.07, 6.45) is -1.02. The first-order valence-corrected chi connectivity index (χ1v) is 12.5. The van der Waals surface area contributed by atoms with Gasteiger partial charge in [0.2, 0.25) is 0 Å². The molecule has 1 aliphatic rings. The van der Waals surface area contributed by atoms with Crippen molar-refractivity contribution < 1.29 is 27.4 Å². The zero-order chi connectivity index (χ0) is 25.2. The molecule has 0 aliphatic carbocycles. The Labute approximate surface area is 205 Å².